The van der Waals surface area contributed by atoms with E-state index in [1.54, 1.807) is 17.7 Å². The zero-order chi connectivity index (χ0) is 16.1. The molecule has 1 aromatic carbocycles. The lowest BCUT2D eigenvalue weighted by Gasteiger charge is -2.08. The number of anilines is 1. The molecule has 0 aliphatic carbocycles. The fraction of sp³-hybridized carbons (Fsp3) is 0.333. The van der Waals surface area contributed by atoms with E-state index in [-0.39, 0.29) is 6.61 Å². The molecular formula is C18H21N3OS. The maximum atomic E-state index is 8.84. The second-order valence-electron chi connectivity index (χ2n) is 5.63. The summed E-state index contributed by atoms with van der Waals surface area (Å²) in [7, 11) is 0. The smallest absolute Gasteiger partial charge is 0.138 e. The summed E-state index contributed by atoms with van der Waals surface area (Å²) in [6.07, 6.45) is 4.52. The number of nitrogens with one attached hydrogen (secondary N) is 1. The largest absolute Gasteiger partial charge is 0.396 e. The molecule has 0 saturated carbocycles. The number of nitrogens with zero attached hydrogens (tertiary/aromatic N) is 2. The zero-order valence-corrected chi connectivity index (χ0v) is 14.1. The van der Waals surface area contributed by atoms with E-state index in [2.05, 4.69) is 51.9 Å². The third kappa shape index (κ3) is 3.68. The van der Waals surface area contributed by atoms with Crippen molar-refractivity contribution in [3.05, 3.63) is 41.5 Å². The highest BCUT2D eigenvalue weighted by Gasteiger charge is 2.12. The summed E-state index contributed by atoms with van der Waals surface area (Å²) in [5.41, 5.74) is 3.63. The molecule has 3 aromatic rings. The highest BCUT2D eigenvalue weighted by Crippen LogP contribution is 2.36. The van der Waals surface area contributed by atoms with E-state index in [1.165, 1.54) is 16.7 Å². The van der Waals surface area contributed by atoms with Crippen LogP contribution in [0.25, 0.3) is 21.3 Å². The first-order valence-corrected chi connectivity index (χ1v) is 8.81. The number of thiophene rings is 1. The van der Waals surface area contributed by atoms with Crippen molar-refractivity contribution in [2.75, 3.05) is 18.5 Å². The van der Waals surface area contributed by atoms with E-state index in [9.17, 15) is 0 Å². The Morgan fingerprint density at radius 2 is 1.91 bits per heavy atom. The summed E-state index contributed by atoms with van der Waals surface area (Å²) >= 11 is 1.65. The van der Waals surface area contributed by atoms with Crippen LogP contribution in [0, 0.1) is 6.92 Å². The number of fused-ring (bicyclic) bond motifs is 1. The minimum absolute atomic E-state index is 0.264. The van der Waals surface area contributed by atoms with E-state index < -0.39 is 0 Å². The molecule has 0 fully saturated rings. The number of hydrogen-bond donors (Lipinski definition) is 2. The lowest BCUT2D eigenvalue weighted by molar-refractivity contribution is 0.283. The molecule has 120 valence electrons. The zero-order valence-electron chi connectivity index (χ0n) is 13.2. The Balaban J connectivity index is 1.86. The minimum atomic E-state index is 0.264. The standard InChI is InChI=1S/C18H21N3OS/c1-13-5-7-14(8-6-13)15-11-23-18-16(15)17(20-12-21-18)19-9-3-2-4-10-22/h5-8,11-12,22H,2-4,9-10H2,1H3,(H,19,20,21). The molecular weight excluding hydrogens is 306 g/mol. The van der Waals surface area contributed by atoms with Crippen molar-refractivity contribution in [3.63, 3.8) is 0 Å². The van der Waals surface area contributed by atoms with Crippen LogP contribution in [0.3, 0.4) is 0 Å². The molecule has 0 unspecified atom stereocenters. The van der Waals surface area contributed by atoms with Crippen LogP contribution in [-0.4, -0.2) is 28.2 Å². The van der Waals surface area contributed by atoms with Gasteiger partial charge in [-0.15, -0.1) is 11.3 Å². The van der Waals surface area contributed by atoms with Crippen molar-refractivity contribution in [1.82, 2.24) is 9.97 Å². The molecule has 2 heterocycles. The second kappa shape index (κ2) is 7.53. The number of aromatic nitrogens is 2. The number of aryl methyl sites for hydroxylation is 1. The first kappa shape index (κ1) is 15.9. The van der Waals surface area contributed by atoms with Crippen LogP contribution in [0.1, 0.15) is 24.8 Å². The van der Waals surface area contributed by atoms with Gasteiger partial charge >= 0.3 is 0 Å². The molecule has 2 N–H and O–H groups in total. The van der Waals surface area contributed by atoms with E-state index >= 15 is 0 Å². The Kier molecular flexibility index (Phi) is 5.20. The monoisotopic (exact) mass is 327 g/mol. The highest BCUT2D eigenvalue weighted by molar-refractivity contribution is 7.17. The number of unbranched alkanes of at least 4 members (excludes halogenated alkanes) is 2. The van der Waals surface area contributed by atoms with Crippen molar-refractivity contribution in [1.29, 1.82) is 0 Å². The van der Waals surface area contributed by atoms with Gasteiger partial charge in [-0.1, -0.05) is 29.8 Å². The van der Waals surface area contributed by atoms with Crippen molar-refractivity contribution in [2.45, 2.75) is 26.2 Å². The normalized spacial score (nSPS) is 11.0. The number of hydrogen-bond acceptors (Lipinski definition) is 5. The fourth-order valence-electron chi connectivity index (χ4n) is 2.58. The number of benzene rings is 1. The van der Waals surface area contributed by atoms with Crippen LogP contribution in [0.4, 0.5) is 5.82 Å². The summed E-state index contributed by atoms with van der Waals surface area (Å²) in [4.78, 5) is 9.84. The maximum Gasteiger partial charge on any atom is 0.138 e. The summed E-state index contributed by atoms with van der Waals surface area (Å²) in [5, 5.41) is 15.5. The van der Waals surface area contributed by atoms with Crippen molar-refractivity contribution < 1.29 is 5.11 Å². The predicted octanol–water partition coefficient (Wildman–Crippen LogP) is 4.24. The van der Waals surface area contributed by atoms with E-state index in [4.69, 9.17) is 5.11 Å². The van der Waals surface area contributed by atoms with Crippen molar-refractivity contribution >= 4 is 27.4 Å². The van der Waals surface area contributed by atoms with Crippen LogP contribution >= 0.6 is 11.3 Å². The topological polar surface area (TPSA) is 58.0 Å². The van der Waals surface area contributed by atoms with Gasteiger partial charge in [-0.05, 0) is 31.7 Å². The van der Waals surface area contributed by atoms with Crippen molar-refractivity contribution in [3.8, 4) is 11.1 Å². The van der Waals surface area contributed by atoms with Crippen LogP contribution in [0.5, 0.6) is 0 Å². The molecule has 0 saturated heterocycles. The van der Waals surface area contributed by atoms with Crippen LogP contribution in [-0.2, 0) is 0 Å². The third-order valence-electron chi connectivity index (χ3n) is 3.86. The Morgan fingerprint density at radius 1 is 1.09 bits per heavy atom. The van der Waals surface area contributed by atoms with Gasteiger partial charge in [0.1, 0.15) is 17.0 Å². The van der Waals surface area contributed by atoms with Gasteiger partial charge in [0.2, 0.25) is 0 Å². The van der Waals surface area contributed by atoms with Gasteiger partial charge in [-0.25, -0.2) is 9.97 Å². The Labute approximate surface area is 140 Å². The molecule has 0 aliphatic heterocycles. The van der Waals surface area contributed by atoms with E-state index in [1.807, 2.05) is 0 Å². The molecule has 5 heteroatoms. The first-order chi connectivity index (χ1) is 11.3. The van der Waals surface area contributed by atoms with Gasteiger partial charge in [0.05, 0.1) is 5.39 Å². The minimum Gasteiger partial charge on any atom is -0.396 e. The van der Waals surface area contributed by atoms with Crippen molar-refractivity contribution in [2.24, 2.45) is 0 Å². The fourth-order valence-corrected chi connectivity index (χ4v) is 3.49. The van der Waals surface area contributed by atoms with Gasteiger partial charge in [-0.2, -0.15) is 0 Å². The Morgan fingerprint density at radius 3 is 2.70 bits per heavy atom. The molecule has 0 aliphatic rings. The average Bonchev–Trinajstić information content (AvgIpc) is 3.00. The van der Waals surface area contributed by atoms with Crippen LogP contribution in [0.2, 0.25) is 0 Å². The van der Waals surface area contributed by atoms with Gasteiger partial charge < -0.3 is 10.4 Å². The Bertz CT molecular complexity index is 768. The number of rotatable bonds is 7. The molecule has 0 atom stereocenters. The SMILES string of the molecule is Cc1ccc(-c2csc3ncnc(NCCCCCO)c23)cc1. The van der Waals surface area contributed by atoms with Gasteiger partial charge in [0.25, 0.3) is 0 Å². The number of aliphatic hydroxyl groups excluding tert-OH is 1. The third-order valence-corrected chi connectivity index (χ3v) is 4.75. The number of aliphatic hydroxyl groups is 1. The average molecular weight is 327 g/mol. The summed E-state index contributed by atoms with van der Waals surface area (Å²) in [6, 6.07) is 8.55. The molecule has 0 spiro atoms. The molecule has 0 amide bonds. The molecule has 0 bridgehead atoms. The molecule has 4 nitrogen and oxygen atoms in total. The van der Waals surface area contributed by atoms with E-state index in [0.717, 1.165) is 41.8 Å². The molecule has 23 heavy (non-hydrogen) atoms. The van der Waals surface area contributed by atoms with Gasteiger partial charge in [-0.3, -0.25) is 0 Å². The molecule has 3 rings (SSSR count). The maximum absolute atomic E-state index is 8.84. The summed E-state index contributed by atoms with van der Waals surface area (Å²) < 4.78 is 0. The summed E-state index contributed by atoms with van der Waals surface area (Å²) in [5.74, 6) is 0.899. The van der Waals surface area contributed by atoms with Gasteiger partial charge in [0, 0.05) is 24.1 Å². The second-order valence-corrected chi connectivity index (χ2v) is 6.49. The van der Waals surface area contributed by atoms with Crippen LogP contribution < -0.4 is 5.32 Å². The summed E-state index contributed by atoms with van der Waals surface area (Å²) in [6.45, 7) is 3.22. The predicted molar refractivity (Wildman–Crippen MR) is 97.0 cm³/mol. The Hall–Kier alpha value is -1.98. The first-order valence-electron chi connectivity index (χ1n) is 7.93. The molecule has 0 radical (unpaired) electrons. The van der Waals surface area contributed by atoms with Gasteiger partial charge in [0.15, 0.2) is 0 Å². The van der Waals surface area contributed by atoms with Crippen LogP contribution in [0.15, 0.2) is 36.0 Å². The lowest BCUT2D eigenvalue weighted by atomic mass is 10.0. The highest BCUT2D eigenvalue weighted by atomic mass is 32.1. The lowest BCUT2D eigenvalue weighted by Crippen LogP contribution is -2.04. The molecule has 2 aromatic heterocycles. The quantitative estimate of drug-likeness (QED) is 0.637. The van der Waals surface area contributed by atoms with E-state index in [0.29, 0.717) is 0 Å².